The third-order valence-corrected chi connectivity index (χ3v) is 5.11. The van der Waals surface area contributed by atoms with Crippen molar-refractivity contribution in [2.45, 2.75) is 19.4 Å². The van der Waals surface area contributed by atoms with Gasteiger partial charge in [0.15, 0.2) is 11.5 Å². The molecule has 1 atom stereocenters. The van der Waals surface area contributed by atoms with Gasteiger partial charge in [-0.25, -0.2) is 4.98 Å². The molecule has 3 heterocycles. The second-order valence-electron chi connectivity index (χ2n) is 7.00. The number of aromatic nitrogens is 2. The summed E-state index contributed by atoms with van der Waals surface area (Å²) in [6, 6.07) is 4.20. The molecule has 1 aromatic carbocycles. The molecular formula is C20H27N3O4. The van der Waals surface area contributed by atoms with Crippen molar-refractivity contribution in [1.82, 2.24) is 14.5 Å². The summed E-state index contributed by atoms with van der Waals surface area (Å²) < 4.78 is 25.0. The van der Waals surface area contributed by atoms with Crippen molar-refractivity contribution >= 4 is 0 Å². The van der Waals surface area contributed by atoms with Crippen molar-refractivity contribution in [3.05, 3.63) is 24.7 Å². The van der Waals surface area contributed by atoms with E-state index in [4.69, 9.17) is 18.9 Å². The third kappa shape index (κ3) is 3.89. The molecule has 27 heavy (non-hydrogen) atoms. The summed E-state index contributed by atoms with van der Waals surface area (Å²) in [7, 11) is 1.68. The van der Waals surface area contributed by atoms with E-state index in [1.807, 2.05) is 24.7 Å². The van der Waals surface area contributed by atoms with Crippen LogP contribution in [0.5, 0.6) is 17.2 Å². The molecule has 7 nitrogen and oxygen atoms in total. The van der Waals surface area contributed by atoms with Crippen LogP contribution in [-0.4, -0.2) is 67.6 Å². The molecule has 0 saturated carbocycles. The van der Waals surface area contributed by atoms with Crippen LogP contribution in [0.25, 0.3) is 11.3 Å². The maximum Gasteiger partial charge on any atom is 0.164 e. The van der Waals surface area contributed by atoms with Crippen LogP contribution >= 0.6 is 0 Å². The first-order valence-electron chi connectivity index (χ1n) is 9.56. The van der Waals surface area contributed by atoms with E-state index in [2.05, 4.69) is 21.4 Å². The Bertz CT molecular complexity index is 771. The first-order valence-corrected chi connectivity index (χ1v) is 9.56. The van der Waals surface area contributed by atoms with Crippen molar-refractivity contribution in [2.24, 2.45) is 0 Å². The molecule has 0 N–H and O–H groups in total. The maximum absolute atomic E-state index is 5.88. The minimum Gasteiger partial charge on any atom is -0.496 e. The quantitative estimate of drug-likeness (QED) is 0.803. The number of methoxy groups -OCH3 is 1. The fourth-order valence-electron chi connectivity index (χ4n) is 3.67. The van der Waals surface area contributed by atoms with E-state index in [0.717, 1.165) is 67.8 Å². The Kier molecular flexibility index (Phi) is 5.50. The Hall–Kier alpha value is -2.25. The highest BCUT2D eigenvalue weighted by molar-refractivity contribution is 5.72. The second-order valence-corrected chi connectivity index (χ2v) is 7.00. The average Bonchev–Trinajstić information content (AvgIpc) is 3.07. The summed E-state index contributed by atoms with van der Waals surface area (Å²) in [6.45, 7) is 8.05. The summed E-state index contributed by atoms with van der Waals surface area (Å²) in [6.07, 6.45) is 4.65. The molecule has 0 radical (unpaired) electrons. The molecule has 0 aliphatic carbocycles. The number of rotatable bonds is 5. The topological polar surface area (TPSA) is 58.0 Å². The molecule has 4 rings (SSSR count). The number of benzene rings is 1. The van der Waals surface area contributed by atoms with Crippen molar-refractivity contribution in [3.8, 4) is 28.5 Å². The predicted octanol–water partition coefficient (Wildman–Crippen LogP) is 2.61. The zero-order valence-electron chi connectivity index (χ0n) is 16.0. The SMILES string of the molecule is COc1cc2c(cc1-c1cncn1[C@@H](C)CN1CCOCC1)OCCCO2. The lowest BCUT2D eigenvalue weighted by molar-refractivity contribution is 0.0326. The molecule has 1 fully saturated rings. The van der Waals surface area contributed by atoms with Gasteiger partial charge in [-0.2, -0.15) is 0 Å². The van der Waals surface area contributed by atoms with E-state index in [0.29, 0.717) is 13.2 Å². The maximum atomic E-state index is 5.88. The number of nitrogens with zero attached hydrogens (tertiary/aromatic N) is 3. The Labute approximate surface area is 159 Å². The van der Waals surface area contributed by atoms with Crippen LogP contribution in [0.3, 0.4) is 0 Å². The molecule has 0 spiro atoms. The first-order chi connectivity index (χ1) is 13.3. The van der Waals surface area contributed by atoms with Crippen molar-refractivity contribution in [1.29, 1.82) is 0 Å². The van der Waals surface area contributed by atoms with E-state index in [1.165, 1.54) is 0 Å². The van der Waals surface area contributed by atoms with Gasteiger partial charge in [0.05, 0.1) is 51.8 Å². The lowest BCUT2D eigenvalue weighted by atomic mass is 10.1. The standard InChI is InChI=1S/C20H27N3O4/c1-15(13-22-4-8-25-9-5-22)23-14-21-12-17(23)16-10-19-20(11-18(16)24-2)27-7-3-6-26-19/h10-12,14-15H,3-9,13H2,1-2H3/t15-/m0/s1. The fourth-order valence-corrected chi connectivity index (χ4v) is 3.67. The van der Waals surface area contributed by atoms with E-state index < -0.39 is 0 Å². The molecule has 1 saturated heterocycles. The lowest BCUT2D eigenvalue weighted by Gasteiger charge is -2.30. The van der Waals surface area contributed by atoms with Crippen LogP contribution in [-0.2, 0) is 4.74 Å². The molecule has 2 aliphatic rings. The minimum absolute atomic E-state index is 0.279. The van der Waals surface area contributed by atoms with Gasteiger partial charge in [0.25, 0.3) is 0 Å². The predicted molar refractivity (Wildman–Crippen MR) is 102 cm³/mol. The summed E-state index contributed by atoms with van der Waals surface area (Å²) in [4.78, 5) is 6.84. The van der Waals surface area contributed by atoms with Crippen LogP contribution in [0.1, 0.15) is 19.4 Å². The van der Waals surface area contributed by atoms with Gasteiger partial charge in [-0.1, -0.05) is 0 Å². The summed E-state index contributed by atoms with van der Waals surface area (Å²) in [5.74, 6) is 2.26. The number of morpholine rings is 1. The second kappa shape index (κ2) is 8.19. The zero-order valence-corrected chi connectivity index (χ0v) is 16.0. The molecule has 2 aromatic rings. The van der Waals surface area contributed by atoms with E-state index >= 15 is 0 Å². The smallest absolute Gasteiger partial charge is 0.164 e. The Morgan fingerprint density at radius 2 is 1.85 bits per heavy atom. The van der Waals surface area contributed by atoms with Gasteiger partial charge in [0, 0.05) is 43.7 Å². The zero-order chi connectivity index (χ0) is 18.6. The number of fused-ring (bicyclic) bond motifs is 1. The lowest BCUT2D eigenvalue weighted by Crippen LogP contribution is -2.39. The van der Waals surface area contributed by atoms with Crippen molar-refractivity contribution < 1.29 is 18.9 Å². The molecular weight excluding hydrogens is 346 g/mol. The Balaban J connectivity index is 1.64. The van der Waals surface area contributed by atoms with Crippen molar-refractivity contribution in [2.75, 3.05) is 53.2 Å². The van der Waals surface area contributed by atoms with E-state index in [-0.39, 0.29) is 6.04 Å². The Morgan fingerprint density at radius 1 is 1.11 bits per heavy atom. The van der Waals surface area contributed by atoms with Crippen LogP contribution in [0.15, 0.2) is 24.7 Å². The molecule has 0 amide bonds. The van der Waals surface area contributed by atoms with Crippen LogP contribution in [0.2, 0.25) is 0 Å². The number of hydrogen-bond donors (Lipinski definition) is 0. The van der Waals surface area contributed by atoms with Gasteiger partial charge in [-0.15, -0.1) is 0 Å². The number of hydrogen-bond acceptors (Lipinski definition) is 6. The molecule has 1 aromatic heterocycles. The molecule has 146 valence electrons. The number of ether oxygens (including phenoxy) is 4. The third-order valence-electron chi connectivity index (χ3n) is 5.11. The van der Waals surface area contributed by atoms with Gasteiger partial charge in [0.1, 0.15) is 5.75 Å². The van der Waals surface area contributed by atoms with Gasteiger partial charge in [-0.3, -0.25) is 4.90 Å². The van der Waals surface area contributed by atoms with Gasteiger partial charge in [-0.05, 0) is 13.0 Å². The average molecular weight is 373 g/mol. The largest absolute Gasteiger partial charge is 0.496 e. The highest BCUT2D eigenvalue weighted by Crippen LogP contribution is 2.41. The summed E-state index contributed by atoms with van der Waals surface area (Å²) in [5.41, 5.74) is 1.98. The summed E-state index contributed by atoms with van der Waals surface area (Å²) >= 11 is 0. The number of imidazole rings is 1. The monoisotopic (exact) mass is 373 g/mol. The highest BCUT2D eigenvalue weighted by atomic mass is 16.5. The van der Waals surface area contributed by atoms with Gasteiger partial charge in [0.2, 0.25) is 0 Å². The van der Waals surface area contributed by atoms with Gasteiger partial charge < -0.3 is 23.5 Å². The fraction of sp³-hybridized carbons (Fsp3) is 0.550. The molecule has 2 aliphatic heterocycles. The molecule has 7 heteroatoms. The molecule has 0 bridgehead atoms. The normalized spacial score (nSPS) is 18.7. The van der Waals surface area contributed by atoms with E-state index in [1.54, 1.807) is 7.11 Å². The van der Waals surface area contributed by atoms with Crippen LogP contribution < -0.4 is 14.2 Å². The van der Waals surface area contributed by atoms with E-state index in [9.17, 15) is 0 Å². The van der Waals surface area contributed by atoms with Crippen LogP contribution in [0.4, 0.5) is 0 Å². The van der Waals surface area contributed by atoms with Crippen LogP contribution in [0, 0.1) is 0 Å². The minimum atomic E-state index is 0.279. The highest BCUT2D eigenvalue weighted by Gasteiger charge is 2.21. The Morgan fingerprint density at radius 3 is 2.59 bits per heavy atom. The summed E-state index contributed by atoms with van der Waals surface area (Å²) in [5, 5.41) is 0. The first kappa shape index (κ1) is 18.1. The molecule has 0 unspecified atom stereocenters. The van der Waals surface area contributed by atoms with Crippen molar-refractivity contribution in [3.63, 3.8) is 0 Å². The van der Waals surface area contributed by atoms with Gasteiger partial charge >= 0.3 is 0 Å².